The average molecular weight is 366 g/mol. The van der Waals surface area contributed by atoms with Gasteiger partial charge in [0.2, 0.25) is 0 Å². The van der Waals surface area contributed by atoms with Gasteiger partial charge in [0.05, 0.1) is 12.2 Å². The third kappa shape index (κ3) is 4.44. The second-order valence-corrected chi connectivity index (χ2v) is 7.95. The first-order valence-corrected chi connectivity index (χ1v) is 9.72. The molecule has 2 aromatic rings. The van der Waals surface area contributed by atoms with Crippen LogP contribution >= 0.6 is 11.8 Å². The highest BCUT2D eigenvalue weighted by molar-refractivity contribution is 7.99. The van der Waals surface area contributed by atoms with Crippen molar-refractivity contribution in [3.05, 3.63) is 53.1 Å². The van der Waals surface area contributed by atoms with E-state index in [2.05, 4.69) is 53.9 Å². The highest BCUT2D eigenvalue weighted by atomic mass is 32.2. The standard InChI is InChI=1S/C21H22N2O2S/c1-4-25-20(24)12-19-22-13-16(14-23-19)6-5-15-7-8-18-17(11-15)21(2,3)9-10-26-18/h7-8,11,13-14H,4,9-10,12H2,1-3H3. The lowest BCUT2D eigenvalue weighted by Crippen LogP contribution is -2.22. The molecule has 0 bridgehead atoms. The zero-order valence-electron chi connectivity index (χ0n) is 15.3. The number of hydrogen-bond donors (Lipinski definition) is 0. The van der Waals surface area contributed by atoms with E-state index in [1.54, 1.807) is 19.3 Å². The van der Waals surface area contributed by atoms with Gasteiger partial charge in [0.25, 0.3) is 0 Å². The average Bonchev–Trinajstić information content (AvgIpc) is 2.61. The van der Waals surface area contributed by atoms with Crippen LogP contribution in [0.2, 0.25) is 0 Å². The highest BCUT2D eigenvalue weighted by Gasteiger charge is 2.27. The molecular weight excluding hydrogens is 344 g/mol. The van der Waals surface area contributed by atoms with E-state index in [1.165, 1.54) is 22.6 Å². The number of ether oxygens (including phenoxy) is 1. The molecule has 1 aromatic carbocycles. The van der Waals surface area contributed by atoms with Crippen LogP contribution in [0.4, 0.5) is 0 Å². The van der Waals surface area contributed by atoms with E-state index in [0.29, 0.717) is 12.4 Å². The highest BCUT2D eigenvalue weighted by Crippen LogP contribution is 2.41. The Kier molecular flexibility index (Phi) is 5.63. The second kappa shape index (κ2) is 7.92. The summed E-state index contributed by atoms with van der Waals surface area (Å²) in [6.45, 7) is 6.72. The minimum atomic E-state index is -0.319. The predicted octanol–water partition coefficient (Wildman–Crippen LogP) is 3.76. The van der Waals surface area contributed by atoms with Crippen LogP contribution in [0.15, 0.2) is 35.5 Å². The third-order valence-corrected chi connectivity index (χ3v) is 5.43. The fraction of sp³-hybridized carbons (Fsp3) is 0.381. The summed E-state index contributed by atoms with van der Waals surface area (Å²) in [6, 6.07) is 6.44. The summed E-state index contributed by atoms with van der Waals surface area (Å²) in [7, 11) is 0. The van der Waals surface area contributed by atoms with Crippen molar-refractivity contribution in [2.45, 2.75) is 43.9 Å². The minimum Gasteiger partial charge on any atom is -0.466 e. The smallest absolute Gasteiger partial charge is 0.313 e. The minimum absolute atomic E-state index is 0.0825. The number of aromatic nitrogens is 2. The Bertz CT molecular complexity index is 864. The number of thioether (sulfide) groups is 1. The maximum Gasteiger partial charge on any atom is 0.313 e. The first kappa shape index (κ1) is 18.5. The summed E-state index contributed by atoms with van der Waals surface area (Å²) < 4.78 is 4.89. The molecule has 0 atom stereocenters. The molecule has 134 valence electrons. The molecule has 26 heavy (non-hydrogen) atoms. The number of esters is 1. The van der Waals surface area contributed by atoms with E-state index in [0.717, 1.165) is 11.1 Å². The van der Waals surface area contributed by atoms with E-state index in [1.807, 2.05) is 11.8 Å². The van der Waals surface area contributed by atoms with E-state index in [-0.39, 0.29) is 17.8 Å². The normalized spacial score (nSPS) is 14.7. The molecule has 0 unspecified atom stereocenters. The van der Waals surface area contributed by atoms with Crippen LogP contribution in [0, 0.1) is 11.8 Å². The molecule has 0 N–H and O–H groups in total. The Morgan fingerprint density at radius 1 is 1.23 bits per heavy atom. The largest absolute Gasteiger partial charge is 0.466 e. The van der Waals surface area contributed by atoms with Crippen LogP contribution in [0.5, 0.6) is 0 Å². The maximum atomic E-state index is 11.4. The van der Waals surface area contributed by atoms with Gasteiger partial charge in [-0.15, -0.1) is 11.8 Å². The van der Waals surface area contributed by atoms with Crippen LogP contribution in [-0.4, -0.2) is 28.3 Å². The molecule has 0 amide bonds. The summed E-state index contributed by atoms with van der Waals surface area (Å²) in [5.74, 6) is 7.60. The molecule has 4 nitrogen and oxygen atoms in total. The van der Waals surface area contributed by atoms with Gasteiger partial charge in [-0.1, -0.05) is 25.7 Å². The summed E-state index contributed by atoms with van der Waals surface area (Å²) >= 11 is 1.92. The van der Waals surface area contributed by atoms with E-state index >= 15 is 0 Å². The quantitative estimate of drug-likeness (QED) is 0.612. The van der Waals surface area contributed by atoms with Crippen LogP contribution in [0.25, 0.3) is 0 Å². The van der Waals surface area contributed by atoms with Gasteiger partial charge in [-0.3, -0.25) is 4.79 Å². The van der Waals surface area contributed by atoms with Crippen LogP contribution in [0.3, 0.4) is 0 Å². The van der Waals surface area contributed by atoms with Crippen molar-refractivity contribution >= 4 is 17.7 Å². The number of carbonyl (C=O) groups excluding carboxylic acids is 1. The van der Waals surface area contributed by atoms with Gasteiger partial charge in [-0.25, -0.2) is 9.97 Å². The molecule has 0 saturated carbocycles. The molecule has 3 rings (SSSR count). The van der Waals surface area contributed by atoms with Gasteiger partial charge in [-0.2, -0.15) is 0 Å². The fourth-order valence-electron chi connectivity index (χ4n) is 2.81. The van der Waals surface area contributed by atoms with Crippen molar-refractivity contribution < 1.29 is 9.53 Å². The second-order valence-electron chi connectivity index (χ2n) is 6.81. The topological polar surface area (TPSA) is 52.1 Å². The van der Waals surface area contributed by atoms with Gasteiger partial charge in [0.1, 0.15) is 12.2 Å². The lowest BCUT2D eigenvalue weighted by molar-refractivity contribution is -0.142. The number of hydrogen-bond acceptors (Lipinski definition) is 5. The van der Waals surface area contributed by atoms with Crippen molar-refractivity contribution in [1.82, 2.24) is 9.97 Å². The lowest BCUT2D eigenvalue weighted by atomic mass is 9.81. The molecule has 0 saturated heterocycles. The Hall–Kier alpha value is -2.32. The summed E-state index contributed by atoms with van der Waals surface area (Å²) in [6.07, 6.45) is 4.55. The molecule has 0 fully saturated rings. The first-order valence-electron chi connectivity index (χ1n) is 8.74. The summed E-state index contributed by atoms with van der Waals surface area (Å²) in [5.41, 5.74) is 3.29. The number of nitrogens with zero attached hydrogens (tertiary/aromatic N) is 2. The summed E-state index contributed by atoms with van der Waals surface area (Å²) in [4.78, 5) is 21.2. The molecule has 5 heteroatoms. The number of benzene rings is 1. The SMILES string of the molecule is CCOC(=O)Cc1ncc(C#Cc2ccc3c(c2)C(C)(C)CCS3)cn1. The molecule has 0 spiro atoms. The summed E-state index contributed by atoms with van der Waals surface area (Å²) in [5, 5.41) is 0. The van der Waals surface area contributed by atoms with Crippen molar-refractivity contribution in [2.24, 2.45) is 0 Å². The van der Waals surface area contributed by atoms with Gasteiger partial charge >= 0.3 is 5.97 Å². The first-order chi connectivity index (χ1) is 12.5. The van der Waals surface area contributed by atoms with E-state index < -0.39 is 0 Å². The van der Waals surface area contributed by atoms with Gasteiger partial charge < -0.3 is 4.74 Å². The van der Waals surface area contributed by atoms with Gasteiger partial charge in [0, 0.05) is 22.9 Å². The predicted molar refractivity (Wildman–Crippen MR) is 103 cm³/mol. The number of fused-ring (bicyclic) bond motifs is 1. The van der Waals surface area contributed by atoms with Gasteiger partial charge in [0.15, 0.2) is 0 Å². The number of carbonyl (C=O) groups is 1. The molecule has 1 aliphatic heterocycles. The van der Waals surface area contributed by atoms with Crippen molar-refractivity contribution in [1.29, 1.82) is 0 Å². The van der Waals surface area contributed by atoms with Crippen molar-refractivity contribution in [2.75, 3.05) is 12.4 Å². The van der Waals surface area contributed by atoms with Crippen molar-refractivity contribution in [3.8, 4) is 11.8 Å². The zero-order valence-corrected chi connectivity index (χ0v) is 16.2. The van der Waals surface area contributed by atoms with Gasteiger partial charge in [-0.05, 0) is 48.3 Å². The molecule has 1 aliphatic rings. The third-order valence-electron chi connectivity index (χ3n) is 4.36. The lowest BCUT2D eigenvalue weighted by Gasteiger charge is -2.32. The molecule has 0 aliphatic carbocycles. The van der Waals surface area contributed by atoms with Crippen molar-refractivity contribution in [3.63, 3.8) is 0 Å². The van der Waals surface area contributed by atoms with E-state index in [4.69, 9.17) is 4.74 Å². The number of rotatable bonds is 3. The maximum absolute atomic E-state index is 11.4. The van der Waals surface area contributed by atoms with Crippen LogP contribution in [-0.2, 0) is 21.4 Å². The molecule has 2 heterocycles. The molecular formula is C21H22N2O2S. The van der Waals surface area contributed by atoms with Crippen LogP contribution in [0.1, 0.15) is 49.7 Å². The Balaban J connectivity index is 1.75. The Labute approximate surface area is 158 Å². The Morgan fingerprint density at radius 2 is 1.96 bits per heavy atom. The van der Waals surface area contributed by atoms with Crippen LogP contribution < -0.4 is 0 Å². The molecule has 1 aromatic heterocycles. The zero-order chi connectivity index (χ0) is 18.6. The monoisotopic (exact) mass is 366 g/mol. The Morgan fingerprint density at radius 3 is 2.69 bits per heavy atom. The van der Waals surface area contributed by atoms with E-state index in [9.17, 15) is 4.79 Å². The fourth-order valence-corrected chi connectivity index (χ4v) is 4.30. The molecule has 0 radical (unpaired) electrons.